The molecule has 1 heterocycles. The Balaban J connectivity index is 2.41. The molecule has 1 amide bonds. The van der Waals surface area contributed by atoms with Gasteiger partial charge in [0, 0.05) is 6.42 Å². The van der Waals surface area contributed by atoms with Crippen molar-refractivity contribution >= 4 is 5.91 Å². The van der Waals surface area contributed by atoms with E-state index in [1.807, 2.05) is 6.08 Å². The van der Waals surface area contributed by atoms with Gasteiger partial charge in [0.1, 0.15) is 24.4 Å². The second-order valence-corrected chi connectivity index (χ2v) is 14.8. The number of rotatable bonds is 34. The fraction of sp³-hybridized carbons (Fsp3) is 0.646. The van der Waals surface area contributed by atoms with Gasteiger partial charge >= 0.3 is 0 Å². The highest BCUT2D eigenvalue weighted by atomic mass is 16.7. The second-order valence-electron chi connectivity index (χ2n) is 14.8. The number of nitrogens with one attached hydrogen (secondary N) is 1. The van der Waals surface area contributed by atoms with E-state index >= 15 is 0 Å². The van der Waals surface area contributed by atoms with Crippen molar-refractivity contribution < 1.29 is 39.8 Å². The smallest absolute Gasteiger partial charge is 0.220 e. The number of aliphatic hydroxyl groups is 5. The van der Waals surface area contributed by atoms with Crippen LogP contribution >= 0.6 is 0 Å². The summed E-state index contributed by atoms with van der Waals surface area (Å²) in [6.45, 7) is 3.58. The van der Waals surface area contributed by atoms with E-state index in [9.17, 15) is 30.3 Å². The topological polar surface area (TPSA) is 149 Å². The molecule has 0 bridgehead atoms. The third kappa shape index (κ3) is 28.2. The van der Waals surface area contributed by atoms with Crippen LogP contribution in [-0.4, -0.2) is 87.5 Å². The first-order valence-corrected chi connectivity index (χ1v) is 22.0. The minimum atomic E-state index is -1.58. The Morgan fingerprint density at radius 1 is 0.614 bits per heavy atom. The first-order chi connectivity index (χ1) is 27.8. The zero-order chi connectivity index (χ0) is 41.6. The van der Waals surface area contributed by atoms with Crippen LogP contribution in [0.1, 0.15) is 142 Å². The Morgan fingerprint density at radius 3 is 1.60 bits per heavy atom. The predicted octanol–water partition coefficient (Wildman–Crippen LogP) is 8.94. The van der Waals surface area contributed by atoms with Gasteiger partial charge in [-0.15, -0.1) is 0 Å². The molecule has 7 atom stereocenters. The van der Waals surface area contributed by atoms with Crippen LogP contribution in [0.4, 0.5) is 0 Å². The Morgan fingerprint density at radius 2 is 1.09 bits per heavy atom. The number of allylic oxidation sites excluding steroid dienone is 15. The lowest BCUT2D eigenvalue weighted by Gasteiger charge is -2.40. The molecule has 1 aliphatic rings. The summed E-state index contributed by atoms with van der Waals surface area (Å²) in [7, 11) is 0. The van der Waals surface area contributed by atoms with Crippen LogP contribution in [0.5, 0.6) is 0 Å². The highest BCUT2D eigenvalue weighted by Crippen LogP contribution is 2.22. The standard InChI is InChI=1S/C48H79NO8/c1-3-5-7-9-11-13-15-16-17-18-19-20-21-22-23-24-25-26-28-30-32-34-36-38-44(52)49-41(40-56-48-47(55)46(54)45(53)43(39-50)57-48)42(51)37-35-33-31-29-27-14-12-10-8-6-4-2/h5,7,11,13,16-17,19-20,22-23,25-26,30,32,35,37,41-43,45-48,50-51,53-55H,3-4,6,8-10,12,14-15,18,21,24,27-29,31,33-34,36,38-40H2,1-2H3,(H,49,52)/b7-5-,13-11-,17-16-,20-19-,23-22-,26-25-,32-30-,37-35+. The molecule has 1 saturated heterocycles. The molecule has 0 aliphatic carbocycles. The first-order valence-electron chi connectivity index (χ1n) is 22.0. The Hall–Kier alpha value is -2.89. The molecule has 0 radical (unpaired) electrons. The molecule has 0 aromatic rings. The van der Waals surface area contributed by atoms with Crippen molar-refractivity contribution in [3.05, 3.63) is 97.2 Å². The maximum atomic E-state index is 12.9. The number of aliphatic hydroxyl groups excluding tert-OH is 5. The summed E-state index contributed by atoms with van der Waals surface area (Å²) < 4.78 is 11.2. The Kier molecular flexibility index (Phi) is 34.2. The number of amides is 1. The van der Waals surface area contributed by atoms with E-state index in [2.05, 4.69) is 104 Å². The minimum Gasteiger partial charge on any atom is -0.394 e. The van der Waals surface area contributed by atoms with Gasteiger partial charge in [0.2, 0.25) is 5.91 Å². The monoisotopic (exact) mass is 798 g/mol. The van der Waals surface area contributed by atoms with Crippen LogP contribution in [0.25, 0.3) is 0 Å². The maximum Gasteiger partial charge on any atom is 0.220 e. The third-order valence-electron chi connectivity index (χ3n) is 9.66. The largest absolute Gasteiger partial charge is 0.394 e. The van der Waals surface area contributed by atoms with Crippen LogP contribution in [-0.2, 0) is 14.3 Å². The van der Waals surface area contributed by atoms with Crippen molar-refractivity contribution in [2.45, 2.75) is 185 Å². The number of carbonyl (C=O) groups is 1. The van der Waals surface area contributed by atoms with E-state index in [0.717, 1.165) is 70.6 Å². The van der Waals surface area contributed by atoms with Gasteiger partial charge in [0.05, 0.1) is 25.4 Å². The van der Waals surface area contributed by atoms with Crippen LogP contribution < -0.4 is 5.32 Å². The molecule has 0 saturated carbocycles. The number of hydrogen-bond acceptors (Lipinski definition) is 8. The van der Waals surface area contributed by atoms with Crippen molar-refractivity contribution in [2.24, 2.45) is 0 Å². The highest BCUT2D eigenvalue weighted by molar-refractivity contribution is 5.76. The predicted molar refractivity (Wildman–Crippen MR) is 234 cm³/mol. The third-order valence-corrected chi connectivity index (χ3v) is 9.66. The fourth-order valence-electron chi connectivity index (χ4n) is 6.14. The van der Waals surface area contributed by atoms with Gasteiger partial charge in [-0.25, -0.2) is 0 Å². The van der Waals surface area contributed by atoms with E-state index in [0.29, 0.717) is 6.42 Å². The van der Waals surface area contributed by atoms with Gasteiger partial charge in [-0.3, -0.25) is 4.79 Å². The molecule has 1 fully saturated rings. The summed E-state index contributed by atoms with van der Waals surface area (Å²) in [6, 6.07) is -0.840. The molecule has 1 aliphatic heterocycles. The van der Waals surface area contributed by atoms with E-state index in [1.165, 1.54) is 44.9 Å². The molecule has 57 heavy (non-hydrogen) atoms. The molecule has 6 N–H and O–H groups in total. The molecule has 0 aromatic heterocycles. The zero-order valence-electron chi connectivity index (χ0n) is 35.3. The zero-order valence-corrected chi connectivity index (χ0v) is 35.3. The van der Waals surface area contributed by atoms with Crippen LogP contribution in [0.15, 0.2) is 97.2 Å². The summed E-state index contributed by atoms with van der Waals surface area (Å²) >= 11 is 0. The fourth-order valence-corrected chi connectivity index (χ4v) is 6.14. The summed E-state index contributed by atoms with van der Waals surface area (Å²) in [5.74, 6) is -0.242. The van der Waals surface area contributed by atoms with Gasteiger partial charge in [-0.05, 0) is 70.6 Å². The SMILES string of the molecule is CC/C=C\C/C=C\C/C=C\C/C=C\C/C=C\C/C=C\C/C=C\CCCC(=O)NC(COC1OC(CO)C(O)C(O)C1O)C(O)/C=C/CCCCCCCCCCC. The number of hydrogen-bond donors (Lipinski definition) is 6. The van der Waals surface area contributed by atoms with E-state index in [1.54, 1.807) is 6.08 Å². The Labute approximate surface area is 345 Å². The van der Waals surface area contributed by atoms with Crippen molar-refractivity contribution in [1.82, 2.24) is 5.32 Å². The van der Waals surface area contributed by atoms with Gasteiger partial charge in [0.15, 0.2) is 6.29 Å². The molecule has 9 nitrogen and oxygen atoms in total. The van der Waals surface area contributed by atoms with Gasteiger partial charge in [-0.1, -0.05) is 162 Å². The second kappa shape index (κ2) is 37.4. The van der Waals surface area contributed by atoms with E-state index in [-0.39, 0.29) is 18.9 Å². The van der Waals surface area contributed by atoms with Gasteiger partial charge < -0.3 is 40.3 Å². The van der Waals surface area contributed by atoms with Crippen molar-refractivity contribution in [3.63, 3.8) is 0 Å². The van der Waals surface area contributed by atoms with Crippen LogP contribution in [0, 0.1) is 0 Å². The normalized spacial score (nSPS) is 22.0. The lowest BCUT2D eigenvalue weighted by Crippen LogP contribution is -2.60. The lowest BCUT2D eigenvalue weighted by atomic mass is 9.99. The van der Waals surface area contributed by atoms with Crippen molar-refractivity contribution in [3.8, 4) is 0 Å². The summed E-state index contributed by atoms with van der Waals surface area (Å²) in [5.41, 5.74) is 0. The molecule has 0 aromatic carbocycles. The Bertz CT molecular complexity index is 1200. The summed E-state index contributed by atoms with van der Waals surface area (Å²) in [6.07, 6.45) is 46.0. The molecule has 9 heteroatoms. The van der Waals surface area contributed by atoms with Gasteiger partial charge in [0.25, 0.3) is 0 Å². The molecule has 1 rings (SSSR count). The molecule has 324 valence electrons. The van der Waals surface area contributed by atoms with Crippen molar-refractivity contribution in [2.75, 3.05) is 13.2 Å². The molecular formula is C48H79NO8. The maximum absolute atomic E-state index is 12.9. The van der Waals surface area contributed by atoms with E-state index < -0.39 is 49.5 Å². The average Bonchev–Trinajstić information content (AvgIpc) is 3.21. The van der Waals surface area contributed by atoms with Crippen LogP contribution in [0.2, 0.25) is 0 Å². The highest BCUT2D eigenvalue weighted by Gasteiger charge is 2.44. The molecule has 0 spiro atoms. The van der Waals surface area contributed by atoms with Crippen LogP contribution in [0.3, 0.4) is 0 Å². The van der Waals surface area contributed by atoms with E-state index in [4.69, 9.17) is 9.47 Å². The number of unbranched alkanes of at least 4 members (excludes halogenated alkanes) is 10. The number of ether oxygens (including phenoxy) is 2. The first kappa shape index (κ1) is 52.1. The quantitative estimate of drug-likeness (QED) is 0.0279. The number of carbonyl (C=O) groups excluding carboxylic acids is 1. The average molecular weight is 798 g/mol. The summed E-state index contributed by atoms with van der Waals surface area (Å²) in [5, 5.41) is 54.0. The minimum absolute atomic E-state index is 0.218. The lowest BCUT2D eigenvalue weighted by molar-refractivity contribution is -0.302. The molecule has 7 unspecified atom stereocenters. The van der Waals surface area contributed by atoms with Crippen molar-refractivity contribution in [1.29, 1.82) is 0 Å². The summed E-state index contributed by atoms with van der Waals surface area (Å²) in [4.78, 5) is 12.9. The van der Waals surface area contributed by atoms with Gasteiger partial charge in [-0.2, -0.15) is 0 Å². The molecular weight excluding hydrogens is 719 g/mol.